The maximum Gasteiger partial charge on any atom is 0.286 e. The van der Waals surface area contributed by atoms with E-state index in [1.54, 1.807) is 12.3 Å². The van der Waals surface area contributed by atoms with Crippen molar-refractivity contribution in [3.05, 3.63) is 40.1 Å². The van der Waals surface area contributed by atoms with E-state index in [1.807, 2.05) is 0 Å². The summed E-state index contributed by atoms with van der Waals surface area (Å²) in [4.78, 5) is 27.0. The number of carbonyl (C=O) groups excluding carboxylic acids is 2. The Morgan fingerprint density at radius 1 is 0.917 bits per heavy atom. The Balaban J connectivity index is 2.15. The Labute approximate surface area is 146 Å². The van der Waals surface area contributed by atoms with Gasteiger partial charge in [-0.25, -0.2) is 0 Å². The van der Waals surface area contributed by atoms with Crippen molar-refractivity contribution >= 4 is 27.7 Å². The first-order valence-electron chi connectivity index (χ1n) is 6.74. The molecule has 0 spiro atoms. The number of hydrogen-bond acceptors (Lipinski definition) is 5. The number of carbonyl (C=O) groups is 2. The van der Waals surface area contributed by atoms with Gasteiger partial charge in [-0.1, -0.05) is 0 Å². The van der Waals surface area contributed by atoms with Crippen molar-refractivity contribution in [2.24, 2.45) is 0 Å². The third-order valence-electron chi connectivity index (χ3n) is 3.13. The summed E-state index contributed by atoms with van der Waals surface area (Å²) in [5.74, 6) is 0.0107. The van der Waals surface area contributed by atoms with E-state index >= 15 is 0 Å². The van der Waals surface area contributed by atoms with Crippen molar-refractivity contribution < 1.29 is 23.8 Å². The predicted octanol–water partition coefficient (Wildman–Crippen LogP) is 1.88. The fourth-order valence-corrected chi connectivity index (χ4v) is 2.30. The SMILES string of the molecule is COc1cc(OC)c(C(=O)NNC(=O)c2cc(Br)c[nH]2)cc1OC. The molecule has 2 aromatic rings. The molecule has 3 N–H and O–H groups in total. The first kappa shape index (κ1) is 17.7. The standard InChI is InChI=1S/C15H16BrN3O5/c1-22-11-6-13(24-3)12(23-2)5-9(11)14(20)18-19-15(21)10-4-8(16)7-17-10/h4-7,17H,1-3H3,(H,18,20)(H,19,21). The molecule has 1 aromatic carbocycles. The molecule has 0 radical (unpaired) electrons. The third-order valence-corrected chi connectivity index (χ3v) is 3.59. The number of methoxy groups -OCH3 is 3. The molecule has 9 heteroatoms. The van der Waals surface area contributed by atoms with Gasteiger partial charge in [-0.2, -0.15) is 0 Å². The Morgan fingerprint density at radius 2 is 1.50 bits per heavy atom. The average molecular weight is 398 g/mol. The molecule has 128 valence electrons. The molecule has 2 amide bonds. The van der Waals surface area contributed by atoms with Crippen molar-refractivity contribution in [1.82, 2.24) is 15.8 Å². The molecule has 0 unspecified atom stereocenters. The molecule has 0 aliphatic carbocycles. The molecule has 8 nitrogen and oxygen atoms in total. The minimum absolute atomic E-state index is 0.183. The van der Waals surface area contributed by atoms with Crippen molar-refractivity contribution in [3.8, 4) is 17.2 Å². The highest BCUT2D eigenvalue weighted by molar-refractivity contribution is 9.10. The Hall–Kier alpha value is -2.68. The molecule has 0 bridgehead atoms. The molecule has 2 rings (SSSR count). The van der Waals surface area contributed by atoms with E-state index in [0.29, 0.717) is 17.2 Å². The predicted molar refractivity (Wildman–Crippen MR) is 89.5 cm³/mol. The van der Waals surface area contributed by atoms with Crippen LogP contribution < -0.4 is 25.1 Å². The van der Waals surface area contributed by atoms with E-state index in [0.717, 1.165) is 4.47 Å². The number of aromatic amines is 1. The van der Waals surface area contributed by atoms with Gasteiger partial charge in [0, 0.05) is 22.8 Å². The lowest BCUT2D eigenvalue weighted by Gasteiger charge is -2.14. The number of ether oxygens (including phenoxy) is 3. The summed E-state index contributed by atoms with van der Waals surface area (Å²) >= 11 is 3.22. The van der Waals surface area contributed by atoms with Gasteiger partial charge < -0.3 is 19.2 Å². The van der Waals surface area contributed by atoms with Crippen LogP contribution >= 0.6 is 15.9 Å². The van der Waals surface area contributed by atoms with Crippen molar-refractivity contribution in [3.63, 3.8) is 0 Å². The molecule has 0 aliphatic rings. The normalized spacial score (nSPS) is 10.0. The molecule has 24 heavy (non-hydrogen) atoms. The van der Waals surface area contributed by atoms with E-state index in [4.69, 9.17) is 14.2 Å². The molecular weight excluding hydrogens is 382 g/mol. The van der Waals surface area contributed by atoms with Crippen LogP contribution in [0.25, 0.3) is 0 Å². The van der Waals surface area contributed by atoms with Crippen molar-refractivity contribution in [2.45, 2.75) is 0 Å². The first-order chi connectivity index (χ1) is 11.5. The van der Waals surface area contributed by atoms with Gasteiger partial charge in [0.05, 0.1) is 26.9 Å². The maximum atomic E-state index is 12.3. The number of halogens is 1. The summed E-state index contributed by atoms with van der Waals surface area (Å²) in [5, 5.41) is 0. The van der Waals surface area contributed by atoms with Crippen LogP contribution in [0.3, 0.4) is 0 Å². The van der Waals surface area contributed by atoms with E-state index in [9.17, 15) is 9.59 Å². The van der Waals surface area contributed by atoms with Crippen molar-refractivity contribution in [1.29, 1.82) is 0 Å². The van der Waals surface area contributed by atoms with Gasteiger partial charge in [-0.3, -0.25) is 20.4 Å². The summed E-state index contributed by atoms with van der Waals surface area (Å²) in [6.07, 6.45) is 1.61. The lowest BCUT2D eigenvalue weighted by molar-refractivity contribution is 0.0842. The Morgan fingerprint density at radius 3 is 2.04 bits per heavy atom. The van der Waals surface area contributed by atoms with Crippen LogP contribution in [-0.4, -0.2) is 38.1 Å². The monoisotopic (exact) mass is 397 g/mol. The van der Waals surface area contributed by atoms with Gasteiger partial charge in [0.1, 0.15) is 11.4 Å². The number of rotatable bonds is 5. The van der Waals surface area contributed by atoms with Crippen LogP contribution in [0.1, 0.15) is 20.8 Å². The van der Waals surface area contributed by atoms with Gasteiger partial charge >= 0.3 is 0 Å². The van der Waals surface area contributed by atoms with Crippen LogP contribution in [-0.2, 0) is 0 Å². The second kappa shape index (κ2) is 7.73. The average Bonchev–Trinajstić information content (AvgIpc) is 3.04. The minimum atomic E-state index is -0.563. The van der Waals surface area contributed by atoms with Gasteiger partial charge in [-0.15, -0.1) is 0 Å². The molecule has 1 heterocycles. The second-order valence-electron chi connectivity index (χ2n) is 4.55. The molecular formula is C15H16BrN3O5. The zero-order chi connectivity index (χ0) is 17.7. The summed E-state index contributed by atoms with van der Waals surface area (Å²) in [6, 6.07) is 4.57. The summed E-state index contributed by atoms with van der Waals surface area (Å²) < 4.78 is 16.2. The number of nitrogens with one attached hydrogen (secondary N) is 3. The number of amides is 2. The third kappa shape index (κ3) is 3.80. The molecule has 0 fully saturated rings. The highest BCUT2D eigenvalue weighted by Crippen LogP contribution is 2.34. The van der Waals surface area contributed by atoms with Crippen LogP contribution in [0.4, 0.5) is 0 Å². The summed E-state index contributed by atoms with van der Waals surface area (Å²) in [5.41, 5.74) is 5.11. The topological polar surface area (TPSA) is 102 Å². The fraction of sp³-hybridized carbons (Fsp3) is 0.200. The fourth-order valence-electron chi connectivity index (χ4n) is 1.95. The zero-order valence-corrected chi connectivity index (χ0v) is 14.8. The Bertz CT molecular complexity index is 760. The summed E-state index contributed by atoms with van der Waals surface area (Å²) in [6.45, 7) is 0. The molecule has 0 aliphatic heterocycles. The molecule has 0 saturated carbocycles. The number of benzene rings is 1. The quantitative estimate of drug-likeness (QED) is 0.668. The van der Waals surface area contributed by atoms with Crippen LogP contribution in [0.15, 0.2) is 28.9 Å². The first-order valence-corrected chi connectivity index (χ1v) is 7.54. The lowest BCUT2D eigenvalue weighted by Crippen LogP contribution is -2.41. The minimum Gasteiger partial charge on any atom is -0.496 e. The van der Waals surface area contributed by atoms with Gasteiger partial charge in [-0.05, 0) is 22.0 Å². The van der Waals surface area contributed by atoms with E-state index in [2.05, 4.69) is 31.8 Å². The largest absolute Gasteiger partial charge is 0.496 e. The van der Waals surface area contributed by atoms with E-state index < -0.39 is 11.8 Å². The van der Waals surface area contributed by atoms with Crippen LogP contribution in [0.2, 0.25) is 0 Å². The molecule has 0 saturated heterocycles. The number of hydrogen-bond donors (Lipinski definition) is 3. The molecule has 0 atom stereocenters. The number of hydrazine groups is 1. The lowest BCUT2D eigenvalue weighted by atomic mass is 10.1. The number of aromatic nitrogens is 1. The van der Waals surface area contributed by atoms with Gasteiger partial charge in [0.2, 0.25) is 0 Å². The summed E-state index contributed by atoms with van der Waals surface area (Å²) in [7, 11) is 4.36. The number of H-pyrrole nitrogens is 1. The van der Waals surface area contributed by atoms with Gasteiger partial charge in [0.25, 0.3) is 11.8 Å². The van der Waals surface area contributed by atoms with Gasteiger partial charge in [0.15, 0.2) is 11.5 Å². The highest BCUT2D eigenvalue weighted by atomic mass is 79.9. The second-order valence-corrected chi connectivity index (χ2v) is 5.46. The van der Waals surface area contributed by atoms with Crippen molar-refractivity contribution in [2.75, 3.05) is 21.3 Å². The van der Waals surface area contributed by atoms with Crippen LogP contribution in [0, 0.1) is 0 Å². The zero-order valence-electron chi connectivity index (χ0n) is 13.2. The smallest absolute Gasteiger partial charge is 0.286 e. The maximum absolute atomic E-state index is 12.3. The van der Waals surface area contributed by atoms with E-state index in [1.165, 1.54) is 33.5 Å². The van der Waals surface area contributed by atoms with E-state index in [-0.39, 0.29) is 11.3 Å². The highest BCUT2D eigenvalue weighted by Gasteiger charge is 2.18. The molecule has 1 aromatic heterocycles. The Kier molecular flexibility index (Phi) is 5.69. The van der Waals surface area contributed by atoms with Crippen LogP contribution in [0.5, 0.6) is 17.2 Å².